The molecule has 1 N–H and O–H groups in total. The average molecular weight is 263 g/mol. The van der Waals surface area contributed by atoms with Crippen molar-refractivity contribution in [2.24, 2.45) is 5.92 Å². The minimum Gasteiger partial charge on any atom is -0.294 e. The lowest BCUT2D eigenvalue weighted by Crippen LogP contribution is -2.39. The van der Waals surface area contributed by atoms with Crippen molar-refractivity contribution in [2.75, 3.05) is 0 Å². The summed E-state index contributed by atoms with van der Waals surface area (Å²) in [5.74, 6) is -0.598. The second-order valence-electron chi connectivity index (χ2n) is 5.21. The van der Waals surface area contributed by atoms with E-state index in [2.05, 4.69) is 5.32 Å². The minimum atomic E-state index is -0.673. The van der Waals surface area contributed by atoms with E-state index in [9.17, 15) is 9.59 Å². The number of fused-ring (bicyclic) bond motifs is 1. The Kier molecular flexibility index (Phi) is 3.06. The summed E-state index contributed by atoms with van der Waals surface area (Å²) >= 11 is 1.70. The molecule has 4 heteroatoms. The van der Waals surface area contributed by atoms with Crippen LogP contribution < -0.4 is 5.32 Å². The number of thioether (sulfide) groups is 1. The summed E-state index contributed by atoms with van der Waals surface area (Å²) in [6.45, 7) is 0. The minimum absolute atomic E-state index is 0.131. The van der Waals surface area contributed by atoms with Crippen LogP contribution >= 0.6 is 11.8 Å². The van der Waals surface area contributed by atoms with Crippen molar-refractivity contribution in [3.63, 3.8) is 0 Å². The highest BCUT2D eigenvalue weighted by Gasteiger charge is 2.54. The van der Waals surface area contributed by atoms with Gasteiger partial charge in [0.2, 0.25) is 11.8 Å². The third-order valence-electron chi connectivity index (χ3n) is 4.01. The maximum absolute atomic E-state index is 12.2. The fourth-order valence-electron chi connectivity index (χ4n) is 3.03. The van der Waals surface area contributed by atoms with Crippen molar-refractivity contribution in [3.8, 4) is 0 Å². The summed E-state index contributed by atoms with van der Waals surface area (Å²) in [4.78, 5) is 24.0. The molecule has 1 aliphatic heterocycles. The van der Waals surface area contributed by atoms with Crippen LogP contribution in [-0.4, -0.2) is 21.8 Å². The van der Waals surface area contributed by atoms with E-state index in [4.69, 9.17) is 0 Å². The molecule has 0 radical (unpaired) electrons. The molecule has 3 nitrogen and oxygen atoms in total. The molecule has 1 saturated heterocycles. The molecule has 0 bridgehead atoms. The van der Waals surface area contributed by atoms with Crippen LogP contribution in [-0.2, 0) is 9.59 Å². The van der Waals surface area contributed by atoms with Gasteiger partial charge in [-0.15, -0.1) is 11.8 Å². The Bertz CT molecular complexity index is 437. The Balaban J connectivity index is 1.85. The van der Waals surface area contributed by atoms with E-state index in [0.29, 0.717) is 5.25 Å². The molecule has 0 spiro atoms. The zero-order chi connectivity index (χ0) is 12.6. The average Bonchev–Trinajstić information content (AvgIpc) is 2.63. The Morgan fingerprint density at radius 3 is 2.72 bits per heavy atom. The van der Waals surface area contributed by atoms with Gasteiger partial charge >= 0.3 is 0 Å². The van der Waals surface area contributed by atoms with E-state index in [1.807, 2.05) is 24.3 Å². The molecule has 3 aliphatic rings. The number of carbonyl (C=O) groups excluding carboxylic acids is 2. The molecule has 0 aromatic carbocycles. The van der Waals surface area contributed by atoms with Crippen LogP contribution in [0.4, 0.5) is 0 Å². The standard InChI is InChI=1S/C14H17NO2S/c16-12-11-8-4-5-9-14(11,13(17)15-12)18-10-6-2-1-3-7-10/h4-5,8-11H,1-3,6-7H2,(H,15,16,17). The van der Waals surface area contributed by atoms with Crippen LogP contribution in [0.5, 0.6) is 0 Å². The lowest BCUT2D eigenvalue weighted by molar-refractivity contribution is -0.125. The van der Waals surface area contributed by atoms with E-state index in [0.717, 1.165) is 12.8 Å². The number of nitrogens with one attached hydrogen (secondary N) is 1. The third kappa shape index (κ3) is 1.83. The van der Waals surface area contributed by atoms with E-state index in [1.54, 1.807) is 11.8 Å². The van der Waals surface area contributed by atoms with Gasteiger partial charge in [-0.05, 0) is 12.8 Å². The van der Waals surface area contributed by atoms with Gasteiger partial charge in [0.05, 0.1) is 5.92 Å². The number of carbonyl (C=O) groups is 2. The molecule has 0 aromatic heterocycles. The van der Waals surface area contributed by atoms with Gasteiger partial charge in [-0.1, -0.05) is 43.6 Å². The smallest absolute Gasteiger partial charge is 0.247 e. The van der Waals surface area contributed by atoms with Crippen LogP contribution in [0.1, 0.15) is 32.1 Å². The summed E-state index contributed by atoms with van der Waals surface area (Å²) in [6.07, 6.45) is 13.6. The molecular formula is C14H17NO2S. The Hall–Kier alpha value is -1.03. The van der Waals surface area contributed by atoms with Crippen molar-refractivity contribution < 1.29 is 9.59 Å². The zero-order valence-electron chi connectivity index (χ0n) is 10.2. The van der Waals surface area contributed by atoms with Gasteiger partial charge in [0.1, 0.15) is 4.75 Å². The fourth-order valence-corrected chi connectivity index (χ4v) is 4.80. The maximum atomic E-state index is 12.2. The van der Waals surface area contributed by atoms with Crippen LogP contribution in [0.15, 0.2) is 24.3 Å². The summed E-state index contributed by atoms with van der Waals surface area (Å²) in [6, 6.07) is 0. The highest BCUT2D eigenvalue weighted by Crippen LogP contribution is 2.46. The number of allylic oxidation sites excluding steroid dienone is 2. The molecule has 2 amide bonds. The summed E-state index contributed by atoms with van der Waals surface area (Å²) in [7, 11) is 0. The first-order valence-corrected chi connectivity index (χ1v) is 7.49. The van der Waals surface area contributed by atoms with E-state index >= 15 is 0 Å². The number of hydrogen-bond donors (Lipinski definition) is 1. The first-order chi connectivity index (χ1) is 8.72. The zero-order valence-corrected chi connectivity index (χ0v) is 11.0. The Labute approximate surface area is 111 Å². The fraction of sp³-hybridized carbons (Fsp3) is 0.571. The van der Waals surface area contributed by atoms with Gasteiger partial charge in [-0.25, -0.2) is 0 Å². The maximum Gasteiger partial charge on any atom is 0.247 e. The van der Waals surface area contributed by atoms with Gasteiger partial charge in [0.15, 0.2) is 0 Å². The SMILES string of the molecule is O=C1NC(=O)C2(SC3CCCCC3)C=CC=CC12. The largest absolute Gasteiger partial charge is 0.294 e. The Morgan fingerprint density at radius 2 is 1.94 bits per heavy atom. The molecule has 2 fully saturated rings. The molecule has 2 aliphatic carbocycles. The van der Waals surface area contributed by atoms with Crippen LogP contribution in [0.2, 0.25) is 0 Å². The normalized spacial score (nSPS) is 35.7. The third-order valence-corrected chi connectivity index (χ3v) is 5.78. The van der Waals surface area contributed by atoms with Crippen molar-refractivity contribution in [3.05, 3.63) is 24.3 Å². The highest BCUT2D eigenvalue weighted by molar-refractivity contribution is 8.02. The van der Waals surface area contributed by atoms with E-state index in [-0.39, 0.29) is 17.7 Å². The van der Waals surface area contributed by atoms with Crippen LogP contribution in [0.3, 0.4) is 0 Å². The quantitative estimate of drug-likeness (QED) is 0.777. The van der Waals surface area contributed by atoms with Crippen molar-refractivity contribution >= 4 is 23.6 Å². The van der Waals surface area contributed by atoms with Gasteiger partial charge in [-0.2, -0.15) is 0 Å². The summed E-state index contributed by atoms with van der Waals surface area (Å²) < 4.78 is -0.673. The van der Waals surface area contributed by atoms with E-state index < -0.39 is 4.75 Å². The number of imide groups is 1. The van der Waals surface area contributed by atoms with Crippen molar-refractivity contribution in [2.45, 2.75) is 42.1 Å². The molecule has 3 rings (SSSR count). The lowest BCUT2D eigenvalue weighted by atomic mass is 9.90. The monoisotopic (exact) mass is 263 g/mol. The van der Waals surface area contributed by atoms with E-state index in [1.165, 1.54) is 19.3 Å². The first-order valence-electron chi connectivity index (χ1n) is 6.61. The number of hydrogen-bond acceptors (Lipinski definition) is 3. The first kappa shape index (κ1) is 12.0. The van der Waals surface area contributed by atoms with Crippen LogP contribution in [0.25, 0.3) is 0 Å². The molecule has 0 aromatic rings. The number of rotatable bonds is 2. The molecule has 2 unspecified atom stereocenters. The van der Waals surface area contributed by atoms with Gasteiger partial charge in [0, 0.05) is 5.25 Å². The van der Waals surface area contributed by atoms with Gasteiger partial charge < -0.3 is 0 Å². The summed E-state index contributed by atoms with van der Waals surface area (Å²) in [5.41, 5.74) is 0. The molecule has 1 saturated carbocycles. The lowest BCUT2D eigenvalue weighted by Gasteiger charge is -2.33. The van der Waals surface area contributed by atoms with Gasteiger partial charge in [-0.3, -0.25) is 14.9 Å². The van der Waals surface area contributed by atoms with Crippen LogP contribution in [0, 0.1) is 5.92 Å². The number of amides is 2. The van der Waals surface area contributed by atoms with Crippen molar-refractivity contribution in [1.82, 2.24) is 5.32 Å². The van der Waals surface area contributed by atoms with Gasteiger partial charge in [0.25, 0.3) is 0 Å². The molecule has 2 atom stereocenters. The highest BCUT2D eigenvalue weighted by atomic mass is 32.2. The predicted octanol–water partition coefficient (Wildman–Crippen LogP) is 2.19. The second-order valence-corrected chi connectivity index (χ2v) is 6.79. The topological polar surface area (TPSA) is 46.2 Å². The Morgan fingerprint density at radius 1 is 1.17 bits per heavy atom. The molecule has 96 valence electrons. The van der Waals surface area contributed by atoms with Crippen molar-refractivity contribution in [1.29, 1.82) is 0 Å². The second kappa shape index (κ2) is 4.57. The summed E-state index contributed by atoms with van der Waals surface area (Å²) in [5, 5.41) is 3.00. The molecular weight excluding hydrogens is 246 g/mol. The molecule has 1 heterocycles. The predicted molar refractivity (Wildman–Crippen MR) is 72.1 cm³/mol. The molecule has 18 heavy (non-hydrogen) atoms.